The first-order valence-electron chi connectivity index (χ1n) is 6.98. The lowest BCUT2D eigenvalue weighted by molar-refractivity contribution is 0.144. The molecule has 0 saturated heterocycles. The van der Waals surface area contributed by atoms with Crippen LogP contribution in [0, 0.1) is 0 Å². The number of benzene rings is 1. The lowest BCUT2D eigenvalue weighted by Gasteiger charge is -2.11. The molecule has 0 unspecified atom stereocenters. The van der Waals surface area contributed by atoms with Gasteiger partial charge in [-0.2, -0.15) is 0 Å². The van der Waals surface area contributed by atoms with E-state index in [1.807, 2.05) is 31.2 Å². The van der Waals surface area contributed by atoms with E-state index in [1.165, 1.54) is 5.56 Å². The summed E-state index contributed by atoms with van der Waals surface area (Å²) in [4.78, 5) is 0. The lowest BCUT2D eigenvalue weighted by Crippen LogP contribution is -2.23. The van der Waals surface area contributed by atoms with Crippen molar-refractivity contribution >= 4 is 0 Å². The fourth-order valence-electron chi connectivity index (χ4n) is 1.77. The van der Waals surface area contributed by atoms with Crippen molar-refractivity contribution < 1.29 is 9.47 Å². The van der Waals surface area contributed by atoms with E-state index < -0.39 is 0 Å². The van der Waals surface area contributed by atoms with Gasteiger partial charge < -0.3 is 14.8 Å². The van der Waals surface area contributed by atoms with Crippen LogP contribution in [0.5, 0.6) is 5.75 Å². The smallest absolute Gasteiger partial charge is 0.122 e. The summed E-state index contributed by atoms with van der Waals surface area (Å²) in [6.07, 6.45) is 3.78. The number of rotatable bonds is 11. The molecule has 0 aliphatic heterocycles. The highest BCUT2D eigenvalue weighted by Crippen LogP contribution is 2.18. The molecule has 0 bridgehead atoms. The Morgan fingerprint density at radius 3 is 2.84 bits per heavy atom. The predicted molar refractivity (Wildman–Crippen MR) is 79.8 cm³/mol. The molecule has 0 spiro atoms. The maximum absolute atomic E-state index is 5.78. The van der Waals surface area contributed by atoms with Crippen LogP contribution in [-0.2, 0) is 11.2 Å². The fraction of sp³-hybridized carbons (Fsp3) is 0.500. The lowest BCUT2D eigenvalue weighted by atomic mass is 10.1. The summed E-state index contributed by atoms with van der Waals surface area (Å²) in [6.45, 7) is 9.91. The normalized spacial score (nSPS) is 10.4. The number of ether oxygens (including phenoxy) is 2. The molecule has 19 heavy (non-hydrogen) atoms. The van der Waals surface area contributed by atoms with Crippen molar-refractivity contribution in [1.82, 2.24) is 5.32 Å². The van der Waals surface area contributed by atoms with Crippen LogP contribution in [0.15, 0.2) is 36.9 Å². The van der Waals surface area contributed by atoms with E-state index in [0.29, 0.717) is 6.61 Å². The Bertz CT molecular complexity index is 352. The second-order valence-corrected chi connectivity index (χ2v) is 4.25. The Hall–Kier alpha value is -1.32. The van der Waals surface area contributed by atoms with Crippen LogP contribution >= 0.6 is 0 Å². The molecule has 0 aromatic heterocycles. The molecule has 0 saturated carbocycles. The van der Waals surface area contributed by atoms with Crippen LogP contribution in [0.25, 0.3) is 0 Å². The third-order valence-electron chi connectivity index (χ3n) is 2.72. The van der Waals surface area contributed by atoms with Gasteiger partial charge in [-0.3, -0.25) is 0 Å². The first kappa shape index (κ1) is 15.7. The summed E-state index contributed by atoms with van der Waals surface area (Å²) in [5, 5.41) is 3.34. The summed E-state index contributed by atoms with van der Waals surface area (Å²) in [7, 11) is 0. The minimum absolute atomic E-state index is 0.683. The quantitative estimate of drug-likeness (QED) is 0.492. The SMILES string of the molecule is C=CCc1ccccc1OCCNCCCOCC. The van der Waals surface area contributed by atoms with Gasteiger partial charge in [0.25, 0.3) is 0 Å². The molecule has 106 valence electrons. The van der Waals surface area contributed by atoms with Crippen molar-refractivity contribution in [3.63, 3.8) is 0 Å². The molecule has 0 heterocycles. The standard InChI is InChI=1S/C16H25NO2/c1-3-8-15-9-5-6-10-16(15)19-14-12-17-11-7-13-18-4-2/h3,5-6,9-10,17H,1,4,7-8,11-14H2,2H3. The molecular formula is C16H25NO2. The van der Waals surface area contributed by atoms with Crippen LogP contribution in [0.2, 0.25) is 0 Å². The largest absolute Gasteiger partial charge is 0.492 e. The zero-order valence-electron chi connectivity index (χ0n) is 11.9. The highest BCUT2D eigenvalue weighted by atomic mass is 16.5. The summed E-state index contributed by atoms with van der Waals surface area (Å²) in [6, 6.07) is 8.11. The second-order valence-electron chi connectivity index (χ2n) is 4.25. The van der Waals surface area contributed by atoms with Crippen LogP contribution in [0.1, 0.15) is 18.9 Å². The van der Waals surface area contributed by atoms with Crippen LogP contribution in [0.4, 0.5) is 0 Å². The van der Waals surface area contributed by atoms with Gasteiger partial charge in [0.1, 0.15) is 12.4 Å². The zero-order valence-corrected chi connectivity index (χ0v) is 11.9. The maximum atomic E-state index is 5.78. The van der Waals surface area contributed by atoms with E-state index in [-0.39, 0.29) is 0 Å². The number of hydrogen-bond donors (Lipinski definition) is 1. The van der Waals surface area contributed by atoms with Crippen molar-refractivity contribution in [2.75, 3.05) is 32.9 Å². The second kappa shape index (κ2) is 10.6. The molecule has 0 atom stereocenters. The molecule has 1 rings (SSSR count). The minimum atomic E-state index is 0.683. The molecular weight excluding hydrogens is 238 g/mol. The predicted octanol–water partition coefficient (Wildman–Crippen LogP) is 2.81. The number of para-hydroxylation sites is 1. The van der Waals surface area contributed by atoms with Crippen LogP contribution in [0.3, 0.4) is 0 Å². The van der Waals surface area contributed by atoms with Gasteiger partial charge in [-0.05, 0) is 37.9 Å². The van der Waals surface area contributed by atoms with Crippen molar-refractivity contribution in [1.29, 1.82) is 0 Å². The topological polar surface area (TPSA) is 30.5 Å². The maximum Gasteiger partial charge on any atom is 0.122 e. The molecule has 0 radical (unpaired) electrons. The average molecular weight is 263 g/mol. The van der Waals surface area contributed by atoms with Gasteiger partial charge in [-0.15, -0.1) is 6.58 Å². The van der Waals surface area contributed by atoms with Gasteiger partial charge >= 0.3 is 0 Å². The van der Waals surface area contributed by atoms with Gasteiger partial charge in [0.2, 0.25) is 0 Å². The summed E-state index contributed by atoms with van der Waals surface area (Å²) in [5.74, 6) is 0.957. The Kier molecular flexibility index (Phi) is 8.77. The molecule has 0 fully saturated rings. The van der Waals surface area contributed by atoms with Gasteiger partial charge in [0, 0.05) is 19.8 Å². The summed E-state index contributed by atoms with van der Waals surface area (Å²) >= 11 is 0. The average Bonchev–Trinajstić information content (AvgIpc) is 2.44. The van der Waals surface area contributed by atoms with Crippen LogP contribution in [-0.4, -0.2) is 32.9 Å². The number of allylic oxidation sites excluding steroid dienone is 1. The van der Waals surface area contributed by atoms with E-state index in [4.69, 9.17) is 9.47 Å². The molecule has 0 aliphatic rings. The number of nitrogens with one attached hydrogen (secondary N) is 1. The van der Waals surface area contributed by atoms with E-state index in [2.05, 4.69) is 18.0 Å². The van der Waals surface area contributed by atoms with Crippen molar-refractivity contribution in [2.45, 2.75) is 19.8 Å². The molecule has 1 N–H and O–H groups in total. The first-order valence-corrected chi connectivity index (χ1v) is 6.98. The Morgan fingerprint density at radius 1 is 1.21 bits per heavy atom. The van der Waals surface area contributed by atoms with E-state index >= 15 is 0 Å². The molecule has 3 heteroatoms. The van der Waals surface area contributed by atoms with Crippen LogP contribution < -0.4 is 10.1 Å². The molecule has 1 aromatic rings. The molecule has 0 aliphatic carbocycles. The Balaban J connectivity index is 2.13. The van der Waals surface area contributed by atoms with Gasteiger partial charge in [-0.25, -0.2) is 0 Å². The first-order chi connectivity index (χ1) is 9.38. The minimum Gasteiger partial charge on any atom is -0.492 e. The summed E-state index contributed by atoms with van der Waals surface area (Å²) in [5.41, 5.74) is 1.19. The zero-order chi connectivity index (χ0) is 13.8. The fourth-order valence-corrected chi connectivity index (χ4v) is 1.77. The number of hydrogen-bond acceptors (Lipinski definition) is 3. The Morgan fingerprint density at radius 2 is 2.05 bits per heavy atom. The molecule has 3 nitrogen and oxygen atoms in total. The third kappa shape index (κ3) is 6.99. The van der Waals surface area contributed by atoms with E-state index in [1.54, 1.807) is 0 Å². The van der Waals surface area contributed by atoms with Gasteiger partial charge in [-0.1, -0.05) is 24.3 Å². The van der Waals surface area contributed by atoms with E-state index in [9.17, 15) is 0 Å². The molecule has 0 amide bonds. The van der Waals surface area contributed by atoms with Crippen molar-refractivity contribution in [3.8, 4) is 5.75 Å². The Labute approximate surface area is 116 Å². The van der Waals surface area contributed by atoms with Crippen molar-refractivity contribution in [3.05, 3.63) is 42.5 Å². The highest BCUT2D eigenvalue weighted by Gasteiger charge is 2.00. The molecule has 1 aromatic carbocycles. The van der Waals surface area contributed by atoms with Gasteiger partial charge in [0.15, 0.2) is 0 Å². The van der Waals surface area contributed by atoms with Gasteiger partial charge in [0.05, 0.1) is 0 Å². The van der Waals surface area contributed by atoms with E-state index in [0.717, 1.165) is 44.9 Å². The van der Waals surface area contributed by atoms with Crippen molar-refractivity contribution in [2.24, 2.45) is 0 Å². The highest BCUT2D eigenvalue weighted by molar-refractivity contribution is 5.34. The summed E-state index contributed by atoms with van der Waals surface area (Å²) < 4.78 is 11.0. The third-order valence-corrected chi connectivity index (χ3v) is 2.72. The monoisotopic (exact) mass is 263 g/mol.